The first kappa shape index (κ1) is 15.7. The van der Waals surface area contributed by atoms with E-state index in [1.54, 1.807) is 11.8 Å². The van der Waals surface area contributed by atoms with Crippen LogP contribution in [0.25, 0.3) is 10.8 Å². The zero-order chi connectivity index (χ0) is 15.1. The predicted molar refractivity (Wildman–Crippen MR) is 92.0 cm³/mol. The highest BCUT2D eigenvalue weighted by Gasteiger charge is 2.06. The Kier molecular flexibility index (Phi) is 5.93. The molecule has 0 radical (unpaired) electrons. The number of fused-ring (bicyclic) bond motifs is 1. The molecule has 3 nitrogen and oxygen atoms in total. The number of rotatable bonds is 6. The van der Waals surface area contributed by atoms with Gasteiger partial charge in [0.05, 0.1) is 0 Å². The van der Waals surface area contributed by atoms with Crippen LogP contribution in [0.4, 0.5) is 4.79 Å². The molecule has 0 aliphatic rings. The fraction of sp³-hybridized carbons (Fsp3) is 0.353. The summed E-state index contributed by atoms with van der Waals surface area (Å²) in [6.07, 6.45) is 2.88. The van der Waals surface area contributed by atoms with Crippen LogP contribution in [0.2, 0.25) is 0 Å². The number of thioether (sulfide) groups is 1. The molecule has 0 aliphatic heterocycles. The molecule has 0 saturated carbocycles. The van der Waals surface area contributed by atoms with Gasteiger partial charge in [-0.15, -0.1) is 0 Å². The van der Waals surface area contributed by atoms with Gasteiger partial charge in [-0.2, -0.15) is 11.8 Å². The van der Waals surface area contributed by atoms with Crippen LogP contribution in [-0.4, -0.2) is 30.6 Å². The number of amides is 2. The summed E-state index contributed by atoms with van der Waals surface area (Å²) in [5, 5.41) is 8.36. The summed E-state index contributed by atoms with van der Waals surface area (Å²) >= 11 is 1.73. The van der Waals surface area contributed by atoms with Gasteiger partial charge in [-0.3, -0.25) is 0 Å². The van der Waals surface area contributed by atoms with Crippen molar-refractivity contribution in [3.05, 3.63) is 48.0 Å². The molecule has 2 aromatic rings. The molecule has 21 heavy (non-hydrogen) atoms. The molecule has 1 unspecified atom stereocenters. The second-order valence-corrected chi connectivity index (χ2v) is 6.06. The highest BCUT2D eigenvalue weighted by atomic mass is 32.2. The average Bonchev–Trinajstić information content (AvgIpc) is 2.47. The second-order valence-electron chi connectivity index (χ2n) is 5.14. The topological polar surface area (TPSA) is 41.1 Å². The Bertz CT molecular complexity index is 595. The number of hydrogen-bond donors (Lipinski definition) is 2. The third-order valence-electron chi connectivity index (χ3n) is 3.35. The molecule has 2 rings (SSSR count). The van der Waals surface area contributed by atoms with Crippen molar-refractivity contribution < 1.29 is 4.79 Å². The average molecular weight is 302 g/mol. The van der Waals surface area contributed by atoms with Crippen molar-refractivity contribution >= 4 is 28.6 Å². The molecule has 0 aromatic heterocycles. The summed E-state index contributed by atoms with van der Waals surface area (Å²) < 4.78 is 0. The molecule has 0 saturated heterocycles. The van der Waals surface area contributed by atoms with E-state index in [4.69, 9.17) is 0 Å². The maximum Gasteiger partial charge on any atom is 0.315 e. The van der Waals surface area contributed by atoms with E-state index >= 15 is 0 Å². The standard InChI is InChI=1S/C17H22N2OS/c1-13(12-21-2)19-17(20)18-11-10-15-8-5-7-14-6-3-4-9-16(14)15/h3-9,13H,10-12H2,1-2H3,(H2,18,19,20). The van der Waals surface area contributed by atoms with Gasteiger partial charge in [-0.25, -0.2) is 4.79 Å². The Labute approximate surface area is 130 Å². The van der Waals surface area contributed by atoms with Crippen molar-refractivity contribution in [2.45, 2.75) is 19.4 Å². The highest BCUT2D eigenvalue weighted by molar-refractivity contribution is 7.98. The first-order chi connectivity index (χ1) is 10.2. The minimum Gasteiger partial charge on any atom is -0.338 e. The lowest BCUT2D eigenvalue weighted by atomic mass is 10.0. The summed E-state index contributed by atoms with van der Waals surface area (Å²) in [6.45, 7) is 2.66. The lowest BCUT2D eigenvalue weighted by molar-refractivity contribution is 0.239. The summed E-state index contributed by atoms with van der Waals surface area (Å²) in [4.78, 5) is 11.8. The van der Waals surface area contributed by atoms with Gasteiger partial charge in [0.25, 0.3) is 0 Å². The molecule has 2 amide bonds. The van der Waals surface area contributed by atoms with Gasteiger partial charge >= 0.3 is 6.03 Å². The van der Waals surface area contributed by atoms with Crippen LogP contribution < -0.4 is 10.6 Å². The Hall–Kier alpha value is -1.68. The van der Waals surface area contributed by atoms with E-state index in [2.05, 4.69) is 47.0 Å². The quantitative estimate of drug-likeness (QED) is 0.858. The molecular formula is C17H22N2OS. The fourth-order valence-electron chi connectivity index (χ4n) is 2.39. The number of carbonyl (C=O) groups is 1. The van der Waals surface area contributed by atoms with Crippen LogP contribution in [0.1, 0.15) is 12.5 Å². The molecular weight excluding hydrogens is 280 g/mol. The van der Waals surface area contributed by atoms with Gasteiger partial charge in [0.15, 0.2) is 0 Å². The molecule has 1 atom stereocenters. The van der Waals surface area contributed by atoms with Crippen molar-refractivity contribution in [1.82, 2.24) is 10.6 Å². The monoisotopic (exact) mass is 302 g/mol. The van der Waals surface area contributed by atoms with Crippen LogP contribution in [-0.2, 0) is 6.42 Å². The van der Waals surface area contributed by atoms with E-state index in [1.807, 2.05) is 19.2 Å². The molecule has 0 spiro atoms. The van der Waals surface area contributed by atoms with Crippen LogP contribution in [0.15, 0.2) is 42.5 Å². The molecule has 0 fully saturated rings. The lowest BCUT2D eigenvalue weighted by Crippen LogP contribution is -2.42. The van der Waals surface area contributed by atoms with E-state index in [0.717, 1.165) is 12.2 Å². The third-order valence-corrected chi connectivity index (χ3v) is 4.19. The van der Waals surface area contributed by atoms with Crippen molar-refractivity contribution in [3.8, 4) is 0 Å². The Morgan fingerprint density at radius 3 is 2.76 bits per heavy atom. The minimum absolute atomic E-state index is 0.0863. The van der Waals surface area contributed by atoms with Gasteiger partial charge in [-0.05, 0) is 35.9 Å². The molecule has 0 aliphatic carbocycles. The first-order valence-corrected chi connectivity index (χ1v) is 8.60. The Morgan fingerprint density at radius 1 is 1.19 bits per heavy atom. The molecule has 2 N–H and O–H groups in total. The normalized spacial score (nSPS) is 12.1. The SMILES string of the molecule is CSCC(C)NC(=O)NCCc1cccc2ccccc12. The van der Waals surface area contributed by atoms with Crippen molar-refractivity contribution in [1.29, 1.82) is 0 Å². The smallest absolute Gasteiger partial charge is 0.315 e. The number of hydrogen-bond acceptors (Lipinski definition) is 2. The third kappa shape index (κ3) is 4.67. The van der Waals surface area contributed by atoms with Crippen molar-refractivity contribution in [3.63, 3.8) is 0 Å². The zero-order valence-electron chi connectivity index (χ0n) is 12.6. The highest BCUT2D eigenvalue weighted by Crippen LogP contribution is 2.18. The molecule has 2 aromatic carbocycles. The number of benzene rings is 2. The van der Waals surface area contributed by atoms with Gasteiger partial charge in [-0.1, -0.05) is 42.5 Å². The number of urea groups is 1. The molecule has 0 heterocycles. The number of nitrogens with one attached hydrogen (secondary N) is 2. The van der Waals surface area contributed by atoms with E-state index in [0.29, 0.717) is 6.54 Å². The van der Waals surface area contributed by atoms with E-state index < -0.39 is 0 Å². The Balaban J connectivity index is 1.86. The van der Waals surface area contributed by atoms with Crippen LogP contribution >= 0.6 is 11.8 Å². The maximum atomic E-state index is 11.8. The lowest BCUT2D eigenvalue weighted by Gasteiger charge is -2.13. The van der Waals surface area contributed by atoms with E-state index in [1.165, 1.54) is 16.3 Å². The molecule has 4 heteroatoms. The molecule has 0 bridgehead atoms. The summed E-state index contributed by atoms with van der Waals surface area (Å²) in [5.74, 6) is 0.927. The first-order valence-electron chi connectivity index (χ1n) is 7.20. The second kappa shape index (κ2) is 7.93. The largest absolute Gasteiger partial charge is 0.338 e. The predicted octanol–water partition coefficient (Wildman–Crippen LogP) is 3.43. The number of carbonyl (C=O) groups excluding carboxylic acids is 1. The van der Waals surface area contributed by atoms with E-state index in [-0.39, 0.29) is 12.1 Å². The van der Waals surface area contributed by atoms with Crippen molar-refractivity contribution in [2.75, 3.05) is 18.6 Å². The van der Waals surface area contributed by atoms with E-state index in [9.17, 15) is 4.79 Å². The van der Waals surface area contributed by atoms with Crippen molar-refractivity contribution in [2.24, 2.45) is 0 Å². The van der Waals surface area contributed by atoms with Gasteiger partial charge < -0.3 is 10.6 Å². The summed E-state index contributed by atoms with van der Waals surface area (Å²) in [6, 6.07) is 14.8. The summed E-state index contributed by atoms with van der Waals surface area (Å²) in [5.41, 5.74) is 1.27. The van der Waals surface area contributed by atoms with Gasteiger partial charge in [0, 0.05) is 18.3 Å². The zero-order valence-corrected chi connectivity index (χ0v) is 13.4. The van der Waals surface area contributed by atoms with Gasteiger partial charge in [0.1, 0.15) is 0 Å². The van der Waals surface area contributed by atoms with Crippen LogP contribution in [0, 0.1) is 0 Å². The Morgan fingerprint density at radius 2 is 1.95 bits per heavy atom. The minimum atomic E-state index is -0.0863. The summed E-state index contributed by atoms with van der Waals surface area (Å²) in [7, 11) is 0. The van der Waals surface area contributed by atoms with Crippen LogP contribution in [0.5, 0.6) is 0 Å². The maximum absolute atomic E-state index is 11.8. The van der Waals surface area contributed by atoms with Crippen LogP contribution in [0.3, 0.4) is 0 Å². The van der Waals surface area contributed by atoms with Gasteiger partial charge in [0.2, 0.25) is 0 Å². The molecule has 112 valence electrons. The fourth-order valence-corrected chi connectivity index (χ4v) is 2.97.